The Morgan fingerprint density at radius 2 is 2.28 bits per heavy atom. The Bertz CT molecular complexity index is 475. The van der Waals surface area contributed by atoms with E-state index in [-0.39, 0.29) is 6.04 Å². The Hall–Kier alpha value is -1.20. The molecule has 5 heteroatoms. The van der Waals surface area contributed by atoms with E-state index in [1.165, 1.54) is 0 Å². The Labute approximate surface area is 116 Å². The second kappa shape index (κ2) is 6.11. The van der Waals surface area contributed by atoms with Crippen LogP contribution in [0.1, 0.15) is 30.6 Å². The largest absolute Gasteiger partial charge is 0.305 e. The van der Waals surface area contributed by atoms with Gasteiger partial charge in [-0.05, 0) is 40.5 Å². The van der Waals surface area contributed by atoms with E-state index < -0.39 is 0 Å². The monoisotopic (exact) mass is 308 g/mol. The smallest absolute Gasteiger partial charge is 0.0774 e. The number of nitrogens with zero attached hydrogens (tertiary/aromatic N) is 3. The maximum atomic E-state index is 4.28. The quantitative estimate of drug-likeness (QED) is 0.923. The summed E-state index contributed by atoms with van der Waals surface area (Å²) in [4.78, 5) is 4.20. The molecule has 18 heavy (non-hydrogen) atoms. The SMILES string of the molecule is CCCNC(c1cccnc1)c1c(Br)cnn1C. The van der Waals surface area contributed by atoms with Crippen LogP contribution in [0.5, 0.6) is 0 Å². The maximum Gasteiger partial charge on any atom is 0.0774 e. The van der Waals surface area contributed by atoms with Gasteiger partial charge in [-0.25, -0.2) is 0 Å². The lowest BCUT2D eigenvalue weighted by Crippen LogP contribution is -2.25. The third-order valence-electron chi connectivity index (χ3n) is 2.83. The Balaban J connectivity index is 2.37. The average Bonchev–Trinajstić information content (AvgIpc) is 2.72. The zero-order chi connectivity index (χ0) is 13.0. The van der Waals surface area contributed by atoms with E-state index in [2.05, 4.69) is 44.3 Å². The summed E-state index contributed by atoms with van der Waals surface area (Å²) in [7, 11) is 1.96. The van der Waals surface area contributed by atoms with Gasteiger partial charge in [-0.3, -0.25) is 9.67 Å². The van der Waals surface area contributed by atoms with Crippen LogP contribution in [0.3, 0.4) is 0 Å². The highest BCUT2D eigenvalue weighted by Crippen LogP contribution is 2.27. The third kappa shape index (κ3) is 2.79. The number of pyridine rings is 1. The molecule has 0 spiro atoms. The third-order valence-corrected chi connectivity index (χ3v) is 3.44. The Morgan fingerprint density at radius 1 is 1.44 bits per heavy atom. The molecule has 0 bridgehead atoms. The van der Waals surface area contributed by atoms with Crippen molar-refractivity contribution in [3.8, 4) is 0 Å². The maximum absolute atomic E-state index is 4.28. The van der Waals surface area contributed by atoms with Crippen LogP contribution in [0.25, 0.3) is 0 Å². The highest BCUT2D eigenvalue weighted by atomic mass is 79.9. The van der Waals surface area contributed by atoms with Gasteiger partial charge < -0.3 is 5.32 Å². The Kier molecular flexibility index (Phi) is 4.49. The molecule has 0 fully saturated rings. The summed E-state index contributed by atoms with van der Waals surface area (Å²) in [6.45, 7) is 3.11. The molecule has 4 nitrogen and oxygen atoms in total. The number of aromatic nitrogens is 3. The molecule has 2 aromatic rings. The molecule has 0 amide bonds. The molecule has 0 aromatic carbocycles. The summed E-state index contributed by atoms with van der Waals surface area (Å²) >= 11 is 3.56. The molecule has 1 unspecified atom stereocenters. The van der Waals surface area contributed by atoms with Crippen LogP contribution in [0.15, 0.2) is 35.2 Å². The number of hydrogen-bond donors (Lipinski definition) is 1. The van der Waals surface area contributed by atoms with Crippen LogP contribution in [0.4, 0.5) is 0 Å². The summed E-state index contributed by atoms with van der Waals surface area (Å²) in [5.41, 5.74) is 2.27. The molecular formula is C13H17BrN4. The first-order valence-electron chi connectivity index (χ1n) is 6.04. The summed E-state index contributed by atoms with van der Waals surface area (Å²) in [5.74, 6) is 0. The van der Waals surface area contributed by atoms with Crippen molar-refractivity contribution < 1.29 is 0 Å². The molecule has 0 saturated heterocycles. The van der Waals surface area contributed by atoms with Gasteiger partial charge in [0, 0.05) is 19.4 Å². The number of hydrogen-bond acceptors (Lipinski definition) is 3. The first-order valence-corrected chi connectivity index (χ1v) is 6.84. The number of aryl methyl sites for hydroxylation is 1. The molecule has 2 rings (SSSR count). The van der Waals surface area contributed by atoms with E-state index in [9.17, 15) is 0 Å². The first-order chi connectivity index (χ1) is 8.74. The van der Waals surface area contributed by atoms with E-state index in [1.54, 1.807) is 6.20 Å². The van der Waals surface area contributed by atoms with E-state index in [0.717, 1.165) is 28.7 Å². The zero-order valence-electron chi connectivity index (χ0n) is 10.6. The minimum Gasteiger partial charge on any atom is -0.305 e. The van der Waals surface area contributed by atoms with Gasteiger partial charge in [0.25, 0.3) is 0 Å². The van der Waals surface area contributed by atoms with Crippen LogP contribution in [0.2, 0.25) is 0 Å². The van der Waals surface area contributed by atoms with Crippen molar-refractivity contribution in [2.75, 3.05) is 6.54 Å². The van der Waals surface area contributed by atoms with E-state index in [1.807, 2.05) is 30.2 Å². The van der Waals surface area contributed by atoms with Crippen molar-refractivity contribution in [1.82, 2.24) is 20.1 Å². The Morgan fingerprint density at radius 3 is 2.83 bits per heavy atom. The normalized spacial score (nSPS) is 12.6. The standard InChI is InChI=1S/C13H17BrN4/c1-3-6-16-12(10-5-4-7-15-8-10)13-11(14)9-17-18(13)2/h4-5,7-9,12,16H,3,6H2,1-2H3. The van der Waals surface area contributed by atoms with Gasteiger partial charge in [-0.2, -0.15) is 5.10 Å². The summed E-state index contributed by atoms with van der Waals surface area (Å²) in [5, 5.41) is 7.82. The van der Waals surface area contributed by atoms with Gasteiger partial charge in [0.2, 0.25) is 0 Å². The molecule has 0 aliphatic carbocycles. The molecule has 0 saturated carbocycles. The van der Waals surface area contributed by atoms with Crippen LogP contribution in [0, 0.1) is 0 Å². The highest BCUT2D eigenvalue weighted by Gasteiger charge is 2.20. The predicted molar refractivity (Wildman–Crippen MR) is 75.3 cm³/mol. The average molecular weight is 309 g/mol. The lowest BCUT2D eigenvalue weighted by molar-refractivity contribution is 0.551. The van der Waals surface area contributed by atoms with Crippen LogP contribution in [-0.2, 0) is 7.05 Å². The summed E-state index contributed by atoms with van der Waals surface area (Å²) < 4.78 is 2.91. The fourth-order valence-corrected chi connectivity index (χ4v) is 2.53. The van der Waals surface area contributed by atoms with Gasteiger partial charge in [0.1, 0.15) is 0 Å². The molecule has 2 heterocycles. The lowest BCUT2D eigenvalue weighted by Gasteiger charge is -2.19. The van der Waals surface area contributed by atoms with Crippen molar-refractivity contribution in [1.29, 1.82) is 0 Å². The molecular weight excluding hydrogens is 292 g/mol. The van der Waals surface area contributed by atoms with Crippen molar-refractivity contribution in [3.05, 3.63) is 46.5 Å². The fraction of sp³-hybridized carbons (Fsp3) is 0.385. The van der Waals surface area contributed by atoms with Gasteiger partial charge in [-0.15, -0.1) is 0 Å². The highest BCUT2D eigenvalue weighted by molar-refractivity contribution is 9.10. The minimum absolute atomic E-state index is 0.112. The first kappa shape index (κ1) is 13.2. The van der Waals surface area contributed by atoms with Crippen LogP contribution >= 0.6 is 15.9 Å². The van der Waals surface area contributed by atoms with Gasteiger partial charge >= 0.3 is 0 Å². The molecule has 0 aliphatic heterocycles. The fourth-order valence-electron chi connectivity index (χ4n) is 1.95. The molecule has 96 valence electrons. The topological polar surface area (TPSA) is 42.7 Å². The van der Waals surface area contributed by atoms with E-state index in [4.69, 9.17) is 0 Å². The van der Waals surface area contributed by atoms with Gasteiger partial charge in [0.05, 0.1) is 22.4 Å². The molecule has 1 N–H and O–H groups in total. The lowest BCUT2D eigenvalue weighted by atomic mass is 10.1. The summed E-state index contributed by atoms with van der Waals surface area (Å²) in [6.07, 6.45) is 6.60. The summed E-state index contributed by atoms with van der Waals surface area (Å²) in [6, 6.07) is 4.15. The van der Waals surface area contributed by atoms with Crippen molar-refractivity contribution >= 4 is 15.9 Å². The minimum atomic E-state index is 0.112. The molecule has 2 aromatic heterocycles. The second-order valence-corrected chi connectivity index (χ2v) is 5.03. The number of rotatable bonds is 5. The second-order valence-electron chi connectivity index (χ2n) is 4.17. The van der Waals surface area contributed by atoms with Gasteiger partial charge in [0.15, 0.2) is 0 Å². The van der Waals surface area contributed by atoms with Crippen molar-refractivity contribution in [2.45, 2.75) is 19.4 Å². The zero-order valence-corrected chi connectivity index (χ0v) is 12.2. The van der Waals surface area contributed by atoms with Crippen LogP contribution in [-0.4, -0.2) is 21.3 Å². The van der Waals surface area contributed by atoms with E-state index in [0.29, 0.717) is 0 Å². The molecule has 0 radical (unpaired) electrons. The predicted octanol–water partition coefficient (Wildman–Crippen LogP) is 2.67. The number of halogens is 1. The van der Waals surface area contributed by atoms with Crippen molar-refractivity contribution in [2.24, 2.45) is 7.05 Å². The van der Waals surface area contributed by atoms with Crippen LogP contribution < -0.4 is 5.32 Å². The number of nitrogens with one attached hydrogen (secondary N) is 1. The molecule has 1 atom stereocenters. The molecule has 0 aliphatic rings. The van der Waals surface area contributed by atoms with Crippen molar-refractivity contribution in [3.63, 3.8) is 0 Å². The van der Waals surface area contributed by atoms with E-state index >= 15 is 0 Å². The van der Waals surface area contributed by atoms with Gasteiger partial charge in [-0.1, -0.05) is 13.0 Å².